The first-order valence-electron chi connectivity index (χ1n) is 5.02. The second kappa shape index (κ2) is 6.24. The highest BCUT2D eigenvalue weighted by molar-refractivity contribution is 5.94. The van der Waals surface area contributed by atoms with Crippen LogP contribution in [0.25, 0.3) is 0 Å². The first-order valence-corrected chi connectivity index (χ1v) is 5.02. The Labute approximate surface area is 103 Å². The normalized spacial score (nSPS) is 9.39. The Morgan fingerprint density at radius 1 is 1.22 bits per heavy atom. The molecular formula is C11H12N2O5. The lowest BCUT2D eigenvalue weighted by molar-refractivity contribution is -0.146. The second-order valence-electron chi connectivity index (χ2n) is 3.38. The number of hydrogen-bond donors (Lipinski definition) is 3. The lowest BCUT2D eigenvalue weighted by Gasteiger charge is -2.05. The minimum absolute atomic E-state index is 0.154. The zero-order chi connectivity index (χ0) is 13.5. The third-order valence-corrected chi connectivity index (χ3v) is 1.95. The number of amides is 2. The van der Waals surface area contributed by atoms with E-state index < -0.39 is 18.0 Å². The third kappa shape index (κ3) is 4.52. The average Bonchev–Trinajstić information content (AvgIpc) is 2.34. The maximum atomic E-state index is 11.4. The minimum Gasteiger partial charge on any atom is -0.465 e. The predicted molar refractivity (Wildman–Crippen MR) is 60.5 cm³/mol. The standard InChI is InChI=1S/C11H12N2O5/c1-7(14)18-13-10(15)9-4-2-8(3-5-9)6-12-11(16)17/h2-5,12H,6H2,1H3,(H,13,15)(H,16,17). The summed E-state index contributed by atoms with van der Waals surface area (Å²) in [5.41, 5.74) is 2.98. The van der Waals surface area contributed by atoms with E-state index in [9.17, 15) is 14.4 Å². The summed E-state index contributed by atoms with van der Waals surface area (Å²) in [6.45, 7) is 1.32. The van der Waals surface area contributed by atoms with Crippen molar-refractivity contribution in [2.24, 2.45) is 0 Å². The summed E-state index contributed by atoms with van der Waals surface area (Å²) < 4.78 is 0. The van der Waals surface area contributed by atoms with Crippen LogP contribution in [-0.2, 0) is 16.2 Å². The van der Waals surface area contributed by atoms with Crippen molar-refractivity contribution in [1.82, 2.24) is 10.8 Å². The lowest BCUT2D eigenvalue weighted by Crippen LogP contribution is -2.26. The van der Waals surface area contributed by atoms with Gasteiger partial charge >= 0.3 is 12.1 Å². The number of benzene rings is 1. The van der Waals surface area contributed by atoms with Crippen LogP contribution < -0.4 is 10.8 Å². The van der Waals surface area contributed by atoms with Gasteiger partial charge in [-0.2, -0.15) is 5.48 Å². The molecule has 18 heavy (non-hydrogen) atoms. The molecule has 3 N–H and O–H groups in total. The maximum Gasteiger partial charge on any atom is 0.404 e. The number of nitrogens with one attached hydrogen (secondary N) is 2. The maximum absolute atomic E-state index is 11.4. The third-order valence-electron chi connectivity index (χ3n) is 1.95. The van der Waals surface area contributed by atoms with Gasteiger partial charge in [-0.05, 0) is 17.7 Å². The average molecular weight is 252 g/mol. The summed E-state index contributed by atoms with van der Waals surface area (Å²) in [5, 5.41) is 10.6. The first kappa shape index (κ1) is 13.5. The van der Waals surface area contributed by atoms with E-state index >= 15 is 0 Å². The van der Waals surface area contributed by atoms with Gasteiger partial charge in [0.2, 0.25) is 0 Å². The molecule has 7 heteroatoms. The van der Waals surface area contributed by atoms with E-state index in [-0.39, 0.29) is 6.54 Å². The van der Waals surface area contributed by atoms with Gasteiger partial charge in [0.15, 0.2) is 0 Å². The van der Waals surface area contributed by atoms with Gasteiger partial charge in [0.05, 0.1) is 0 Å². The van der Waals surface area contributed by atoms with Crippen molar-refractivity contribution in [3.05, 3.63) is 35.4 Å². The van der Waals surface area contributed by atoms with Gasteiger partial charge in [0.25, 0.3) is 5.91 Å². The molecule has 0 saturated carbocycles. The van der Waals surface area contributed by atoms with Gasteiger partial charge in [-0.3, -0.25) is 9.59 Å². The van der Waals surface area contributed by atoms with Crippen molar-refractivity contribution in [2.75, 3.05) is 0 Å². The number of hydroxylamine groups is 1. The number of carbonyl (C=O) groups is 3. The number of hydrogen-bond acceptors (Lipinski definition) is 4. The van der Waals surface area contributed by atoms with Crippen LogP contribution in [0.1, 0.15) is 22.8 Å². The van der Waals surface area contributed by atoms with Crippen molar-refractivity contribution in [2.45, 2.75) is 13.5 Å². The topological polar surface area (TPSA) is 105 Å². The van der Waals surface area contributed by atoms with E-state index in [1.165, 1.54) is 19.1 Å². The summed E-state index contributed by atoms with van der Waals surface area (Å²) in [6, 6.07) is 6.19. The molecule has 0 radical (unpaired) electrons. The Kier molecular flexibility index (Phi) is 4.67. The predicted octanol–water partition coefficient (Wildman–Crippen LogP) is 0.662. The molecule has 2 amide bonds. The van der Waals surface area contributed by atoms with Crippen molar-refractivity contribution in [3.63, 3.8) is 0 Å². The number of rotatable bonds is 3. The van der Waals surface area contributed by atoms with Gasteiger partial charge in [-0.25, -0.2) is 4.79 Å². The molecule has 7 nitrogen and oxygen atoms in total. The van der Waals surface area contributed by atoms with Crippen LogP contribution >= 0.6 is 0 Å². The molecule has 0 spiro atoms. The van der Waals surface area contributed by atoms with E-state index in [2.05, 4.69) is 10.2 Å². The van der Waals surface area contributed by atoms with Gasteiger partial charge in [-0.15, -0.1) is 0 Å². The van der Waals surface area contributed by atoms with Crippen LogP contribution in [0.4, 0.5) is 4.79 Å². The molecule has 0 atom stereocenters. The SMILES string of the molecule is CC(=O)ONC(=O)c1ccc(CNC(=O)O)cc1. The van der Waals surface area contributed by atoms with Crippen LogP contribution in [0.3, 0.4) is 0 Å². The quantitative estimate of drug-likeness (QED) is 0.685. The zero-order valence-corrected chi connectivity index (χ0v) is 9.60. The monoisotopic (exact) mass is 252 g/mol. The smallest absolute Gasteiger partial charge is 0.404 e. The summed E-state index contributed by atoms with van der Waals surface area (Å²) in [4.78, 5) is 36.5. The van der Waals surface area contributed by atoms with Crippen LogP contribution in [0.5, 0.6) is 0 Å². The molecule has 0 bridgehead atoms. The molecule has 0 unspecified atom stereocenters. The van der Waals surface area contributed by atoms with E-state index in [0.717, 1.165) is 0 Å². The van der Waals surface area contributed by atoms with Crippen LogP contribution in [0.2, 0.25) is 0 Å². The largest absolute Gasteiger partial charge is 0.465 e. The Bertz CT molecular complexity index is 455. The molecule has 96 valence electrons. The molecule has 1 rings (SSSR count). The Balaban J connectivity index is 2.56. The fraction of sp³-hybridized carbons (Fsp3) is 0.182. The first-order chi connectivity index (χ1) is 8.49. The Morgan fingerprint density at radius 3 is 2.33 bits per heavy atom. The van der Waals surface area contributed by atoms with E-state index in [4.69, 9.17) is 5.11 Å². The molecule has 0 saturated heterocycles. The highest BCUT2D eigenvalue weighted by atomic mass is 16.7. The molecular weight excluding hydrogens is 240 g/mol. The number of carbonyl (C=O) groups excluding carboxylic acids is 2. The molecule has 0 aliphatic heterocycles. The highest BCUT2D eigenvalue weighted by Gasteiger charge is 2.06. The summed E-state index contributed by atoms with van der Waals surface area (Å²) in [7, 11) is 0. The summed E-state index contributed by atoms with van der Waals surface area (Å²) in [6.07, 6.45) is -1.12. The van der Waals surface area contributed by atoms with Gasteiger partial charge in [0.1, 0.15) is 0 Å². The fourth-order valence-corrected chi connectivity index (χ4v) is 1.13. The van der Waals surface area contributed by atoms with Gasteiger partial charge in [0, 0.05) is 19.0 Å². The van der Waals surface area contributed by atoms with Crippen molar-refractivity contribution in [3.8, 4) is 0 Å². The molecule has 1 aromatic rings. The lowest BCUT2D eigenvalue weighted by atomic mass is 10.1. The van der Waals surface area contributed by atoms with Crippen LogP contribution in [0, 0.1) is 0 Å². The molecule has 0 aromatic heterocycles. The van der Waals surface area contributed by atoms with Gasteiger partial charge in [-0.1, -0.05) is 12.1 Å². The number of carboxylic acid groups (broad SMARTS) is 1. The Hall–Kier alpha value is -2.57. The summed E-state index contributed by atoms with van der Waals surface area (Å²) >= 11 is 0. The molecule has 1 aromatic carbocycles. The van der Waals surface area contributed by atoms with Crippen molar-refractivity contribution < 1.29 is 24.3 Å². The van der Waals surface area contributed by atoms with Crippen molar-refractivity contribution in [1.29, 1.82) is 0 Å². The Morgan fingerprint density at radius 2 is 1.83 bits per heavy atom. The fourth-order valence-electron chi connectivity index (χ4n) is 1.13. The van der Waals surface area contributed by atoms with E-state index in [1.54, 1.807) is 12.1 Å². The van der Waals surface area contributed by atoms with Crippen molar-refractivity contribution >= 4 is 18.0 Å². The van der Waals surface area contributed by atoms with E-state index in [1.807, 2.05) is 5.48 Å². The summed E-state index contributed by atoms with van der Waals surface area (Å²) in [5.74, 6) is -1.17. The zero-order valence-electron chi connectivity index (χ0n) is 9.60. The van der Waals surface area contributed by atoms with Crippen LogP contribution in [0.15, 0.2) is 24.3 Å². The second-order valence-corrected chi connectivity index (χ2v) is 3.38. The molecule has 0 heterocycles. The highest BCUT2D eigenvalue weighted by Crippen LogP contribution is 2.04. The van der Waals surface area contributed by atoms with E-state index in [0.29, 0.717) is 11.1 Å². The molecule has 0 fully saturated rings. The minimum atomic E-state index is -1.12. The molecule has 0 aliphatic carbocycles. The van der Waals surface area contributed by atoms with Crippen LogP contribution in [-0.4, -0.2) is 23.1 Å². The van der Waals surface area contributed by atoms with Gasteiger partial charge < -0.3 is 15.3 Å². The molecule has 0 aliphatic rings.